The molecular weight excluding hydrogens is 302 g/mol. The monoisotopic (exact) mass is 329 g/mol. The van der Waals surface area contributed by atoms with Gasteiger partial charge < -0.3 is 10.0 Å². The fourth-order valence-electron chi connectivity index (χ4n) is 3.81. The van der Waals surface area contributed by atoms with Crippen molar-refractivity contribution in [3.05, 3.63) is 29.5 Å². The number of likely N-dealkylation sites (tertiary alicyclic amines) is 1. The van der Waals surface area contributed by atoms with Crippen LogP contribution in [0.3, 0.4) is 0 Å². The zero-order chi connectivity index (χ0) is 17.1. The highest BCUT2D eigenvalue weighted by molar-refractivity contribution is 6.02. The summed E-state index contributed by atoms with van der Waals surface area (Å²) in [6.45, 7) is 5.78. The van der Waals surface area contributed by atoms with E-state index in [1.165, 1.54) is 45.3 Å². The van der Waals surface area contributed by atoms with Gasteiger partial charge in [-0.1, -0.05) is 25.5 Å². The average molecular weight is 329 g/mol. The molecule has 0 atom stereocenters. The number of aromatic carboxylic acids is 1. The molecule has 0 bridgehead atoms. The average Bonchev–Trinajstić information content (AvgIpc) is 2.93. The van der Waals surface area contributed by atoms with Crippen LogP contribution in [0.15, 0.2) is 18.2 Å². The molecule has 1 fully saturated rings. The summed E-state index contributed by atoms with van der Waals surface area (Å²) in [4.78, 5) is 14.1. The number of nitrogens with zero attached hydrogens (tertiary/aromatic N) is 3. The molecule has 0 unspecified atom stereocenters. The van der Waals surface area contributed by atoms with Crippen LogP contribution in [0.25, 0.3) is 10.9 Å². The topological polar surface area (TPSA) is 58.4 Å². The minimum Gasteiger partial charge on any atom is -0.476 e. The summed E-state index contributed by atoms with van der Waals surface area (Å²) in [6, 6.07) is 6.03. The number of hydrogen-bond donors (Lipinski definition) is 1. The van der Waals surface area contributed by atoms with Crippen molar-refractivity contribution in [2.45, 2.75) is 39.0 Å². The molecule has 3 rings (SSSR count). The number of hydrogen-bond acceptors (Lipinski definition) is 3. The van der Waals surface area contributed by atoms with Gasteiger partial charge in [-0.25, -0.2) is 4.79 Å². The summed E-state index contributed by atoms with van der Waals surface area (Å²) in [5.74, 6) is -0.308. The van der Waals surface area contributed by atoms with E-state index in [1.54, 1.807) is 4.68 Å². The van der Waals surface area contributed by atoms with Crippen LogP contribution in [0.1, 0.15) is 48.7 Å². The molecule has 2 aromatic rings. The van der Waals surface area contributed by atoms with Gasteiger partial charge in [0, 0.05) is 12.4 Å². The van der Waals surface area contributed by atoms with Crippen LogP contribution in [0, 0.1) is 5.92 Å². The minimum absolute atomic E-state index is 0.184. The smallest absolute Gasteiger partial charge is 0.357 e. The maximum absolute atomic E-state index is 11.5. The molecule has 0 amide bonds. The summed E-state index contributed by atoms with van der Waals surface area (Å²) >= 11 is 0. The Kier molecular flexibility index (Phi) is 5.19. The third-order valence-corrected chi connectivity index (χ3v) is 5.21. The van der Waals surface area contributed by atoms with Gasteiger partial charge in [-0.2, -0.15) is 5.10 Å². The molecule has 0 saturated carbocycles. The molecule has 1 aliphatic heterocycles. The van der Waals surface area contributed by atoms with Crippen molar-refractivity contribution in [1.82, 2.24) is 14.7 Å². The number of benzene rings is 1. The molecule has 5 heteroatoms. The Bertz CT molecular complexity index is 715. The predicted octanol–water partition coefficient (Wildman–Crippen LogP) is 3.33. The molecule has 1 aliphatic rings. The number of unbranched alkanes of at least 4 members (excludes halogenated alkanes) is 1. The molecule has 0 radical (unpaired) electrons. The summed E-state index contributed by atoms with van der Waals surface area (Å²) < 4.78 is 1.68. The van der Waals surface area contributed by atoms with E-state index in [4.69, 9.17) is 0 Å². The molecule has 0 aliphatic carbocycles. The highest BCUT2D eigenvalue weighted by atomic mass is 16.4. The highest BCUT2D eigenvalue weighted by Crippen LogP contribution is 2.28. The first-order valence-corrected chi connectivity index (χ1v) is 9.00. The van der Waals surface area contributed by atoms with Gasteiger partial charge in [-0.05, 0) is 62.9 Å². The maximum atomic E-state index is 11.5. The lowest BCUT2D eigenvalue weighted by Crippen LogP contribution is -2.35. The van der Waals surface area contributed by atoms with E-state index in [0.29, 0.717) is 5.92 Å². The summed E-state index contributed by atoms with van der Waals surface area (Å²) in [7, 11) is 1.81. The van der Waals surface area contributed by atoms with Gasteiger partial charge in [0.25, 0.3) is 0 Å². The number of carboxylic acid groups (broad SMARTS) is 1. The van der Waals surface area contributed by atoms with Gasteiger partial charge in [0.1, 0.15) is 0 Å². The lowest BCUT2D eigenvalue weighted by atomic mass is 9.88. The van der Waals surface area contributed by atoms with Gasteiger partial charge in [-0.15, -0.1) is 0 Å². The molecular formula is C19H27N3O2. The largest absolute Gasteiger partial charge is 0.476 e. The maximum Gasteiger partial charge on any atom is 0.357 e. The Balaban J connectivity index is 1.75. The van der Waals surface area contributed by atoms with E-state index in [9.17, 15) is 9.90 Å². The van der Waals surface area contributed by atoms with E-state index in [-0.39, 0.29) is 5.69 Å². The zero-order valence-electron chi connectivity index (χ0n) is 14.7. The molecule has 1 aromatic carbocycles. The van der Waals surface area contributed by atoms with Crippen molar-refractivity contribution in [3.63, 3.8) is 0 Å². The lowest BCUT2D eigenvalue weighted by molar-refractivity contribution is 0.0691. The van der Waals surface area contributed by atoms with E-state index in [2.05, 4.69) is 23.0 Å². The van der Waals surface area contributed by atoms with Crippen molar-refractivity contribution >= 4 is 16.9 Å². The Labute approximate surface area is 143 Å². The van der Waals surface area contributed by atoms with E-state index in [0.717, 1.165) is 22.9 Å². The first kappa shape index (κ1) is 17.0. The Morgan fingerprint density at radius 2 is 2.08 bits per heavy atom. The Morgan fingerprint density at radius 1 is 1.33 bits per heavy atom. The molecule has 0 spiro atoms. The zero-order valence-corrected chi connectivity index (χ0v) is 14.7. The number of fused-ring (bicyclic) bond motifs is 1. The fraction of sp³-hybridized carbons (Fsp3) is 0.579. The SMILES string of the molecule is CCCCN1CCC(Cc2cccc3c2c(C(=O)O)nn3C)CC1. The fourth-order valence-corrected chi connectivity index (χ4v) is 3.81. The summed E-state index contributed by atoms with van der Waals surface area (Å²) in [5, 5.41) is 14.5. The van der Waals surface area contributed by atoms with Gasteiger partial charge in [-0.3, -0.25) is 4.68 Å². The second-order valence-corrected chi connectivity index (χ2v) is 6.93. The van der Waals surface area contributed by atoms with Crippen LogP contribution in [0.4, 0.5) is 0 Å². The van der Waals surface area contributed by atoms with Gasteiger partial charge in [0.15, 0.2) is 5.69 Å². The number of rotatable bonds is 6. The van der Waals surface area contributed by atoms with Crippen molar-refractivity contribution in [2.24, 2.45) is 13.0 Å². The molecule has 1 N–H and O–H groups in total. The highest BCUT2D eigenvalue weighted by Gasteiger charge is 2.23. The Morgan fingerprint density at radius 3 is 2.75 bits per heavy atom. The molecule has 5 nitrogen and oxygen atoms in total. The first-order chi connectivity index (χ1) is 11.6. The van der Waals surface area contributed by atoms with Crippen molar-refractivity contribution in [2.75, 3.05) is 19.6 Å². The first-order valence-electron chi connectivity index (χ1n) is 9.00. The molecule has 2 heterocycles. The number of piperidine rings is 1. The van der Waals surface area contributed by atoms with Crippen molar-refractivity contribution in [3.8, 4) is 0 Å². The standard InChI is InChI=1S/C19H27N3O2/c1-3-4-10-22-11-8-14(9-12-22)13-15-6-5-7-16-17(15)18(19(23)24)20-21(16)2/h5-7,14H,3-4,8-13H2,1-2H3,(H,23,24). The van der Waals surface area contributed by atoms with E-state index < -0.39 is 5.97 Å². The quantitative estimate of drug-likeness (QED) is 0.883. The molecule has 1 aromatic heterocycles. The Hall–Kier alpha value is -1.88. The van der Waals surface area contributed by atoms with Crippen LogP contribution in [0.5, 0.6) is 0 Å². The van der Waals surface area contributed by atoms with Crippen LogP contribution < -0.4 is 0 Å². The second-order valence-electron chi connectivity index (χ2n) is 6.93. The molecule has 24 heavy (non-hydrogen) atoms. The van der Waals surface area contributed by atoms with Gasteiger partial charge in [0.2, 0.25) is 0 Å². The predicted molar refractivity (Wildman–Crippen MR) is 95.4 cm³/mol. The van der Waals surface area contributed by atoms with Crippen LogP contribution in [0.2, 0.25) is 0 Å². The van der Waals surface area contributed by atoms with Gasteiger partial charge >= 0.3 is 5.97 Å². The van der Waals surface area contributed by atoms with Gasteiger partial charge in [0.05, 0.1) is 5.52 Å². The van der Waals surface area contributed by atoms with E-state index >= 15 is 0 Å². The van der Waals surface area contributed by atoms with Crippen LogP contribution >= 0.6 is 0 Å². The summed E-state index contributed by atoms with van der Waals surface area (Å²) in [6.07, 6.45) is 5.87. The van der Waals surface area contributed by atoms with Crippen molar-refractivity contribution in [1.29, 1.82) is 0 Å². The summed E-state index contributed by atoms with van der Waals surface area (Å²) in [5.41, 5.74) is 2.22. The van der Waals surface area contributed by atoms with Crippen LogP contribution in [-0.4, -0.2) is 45.4 Å². The number of aryl methyl sites for hydroxylation is 1. The van der Waals surface area contributed by atoms with Crippen molar-refractivity contribution < 1.29 is 9.90 Å². The normalized spacial score (nSPS) is 16.8. The third kappa shape index (κ3) is 3.46. The lowest BCUT2D eigenvalue weighted by Gasteiger charge is -2.32. The second kappa shape index (κ2) is 7.34. The number of carbonyl (C=O) groups is 1. The van der Waals surface area contributed by atoms with Crippen LogP contribution in [-0.2, 0) is 13.5 Å². The molecule has 130 valence electrons. The number of aromatic nitrogens is 2. The minimum atomic E-state index is -0.942. The van der Waals surface area contributed by atoms with E-state index in [1.807, 2.05) is 19.2 Å². The number of carboxylic acids is 1. The molecule has 1 saturated heterocycles. The third-order valence-electron chi connectivity index (χ3n) is 5.21.